The van der Waals surface area contributed by atoms with E-state index in [1.807, 2.05) is 35.2 Å². The smallest absolute Gasteiger partial charge is 0.261 e. The Bertz CT molecular complexity index is 1010. The van der Waals surface area contributed by atoms with Gasteiger partial charge in [0.1, 0.15) is 0 Å². The van der Waals surface area contributed by atoms with E-state index >= 15 is 0 Å². The van der Waals surface area contributed by atoms with Crippen LogP contribution in [0, 0.1) is 5.92 Å². The molecule has 0 aromatic heterocycles. The second-order valence-corrected chi connectivity index (χ2v) is 8.79. The van der Waals surface area contributed by atoms with Crippen molar-refractivity contribution in [1.29, 1.82) is 0 Å². The third-order valence-electron chi connectivity index (χ3n) is 6.56. The summed E-state index contributed by atoms with van der Waals surface area (Å²) in [5, 5.41) is 0. The molecule has 2 aromatic rings. The lowest BCUT2D eigenvalue weighted by molar-refractivity contribution is 0.0630. The van der Waals surface area contributed by atoms with Crippen molar-refractivity contribution >= 4 is 17.7 Å². The van der Waals surface area contributed by atoms with Crippen LogP contribution in [0.25, 0.3) is 0 Å². The first-order valence-electron chi connectivity index (χ1n) is 11.2. The second-order valence-electron chi connectivity index (χ2n) is 8.79. The zero-order chi connectivity index (χ0) is 21.4. The molecule has 160 valence electrons. The predicted molar refractivity (Wildman–Crippen MR) is 117 cm³/mol. The molecule has 2 aromatic carbocycles. The summed E-state index contributed by atoms with van der Waals surface area (Å²) in [7, 11) is 0. The Morgan fingerprint density at radius 2 is 1.58 bits per heavy atom. The molecule has 2 fully saturated rings. The maximum atomic E-state index is 13.0. The van der Waals surface area contributed by atoms with Crippen molar-refractivity contribution in [1.82, 2.24) is 14.7 Å². The predicted octanol–water partition coefficient (Wildman–Crippen LogP) is 2.69. The van der Waals surface area contributed by atoms with Crippen molar-refractivity contribution in [2.45, 2.75) is 19.3 Å². The molecule has 6 nitrogen and oxygen atoms in total. The monoisotopic (exact) mass is 417 g/mol. The number of hydrogen-bond donors (Lipinski definition) is 0. The first kappa shape index (κ1) is 19.9. The average Bonchev–Trinajstić information content (AvgIpc) is 3.59. The molecule has 0 unspecified atom stereocenters. The van der Waals surface area contributed by atoms with Gasteiger partial charge in [-0.3, -0.25) is 24.2 Å². The van der Waals surface area contributed by atoms with Gasteiger partial charge in [0.15, 0.2) is 0 Å². The minimum atomic E-state index is -0.306. The highest BCUT2D eigenvalue weighted by Crippen LogP contribution is 2.30. The van der Waals surface area contributed by atoms with Crippen molar-refractivity contribution < 1.29 is 14.4 Å². The van der Waals surface area contributed by atoms with E-state index in [1.54, 1.807) is 18.2 Å². The van der Waals surface area contributed by atoms with Gasteiger partial charge in [-0.05, 0) is 48.9 Å². The number of benzene rings is 2. The highest BCUT2D eigenvalue weighted by molar-refractivity contribution is 6.22. The maximum absolute atomic E-state index is 13.0. The van der Waals surface area contributed by atoms with Crippen molar-refractivity contribution in [2.24, 2.45) is 5.92 Å². The van der Waals surface area contributed by atoms with Crippen LogP contribution < -0.4 is 0 Å². The van der Waals surface area contributed by atoms with E-state index in [4.69, 9.17) is 0 Å². The molecule has 0 atom stereocenters. The molecule has 0 N–H and O–H groups in total. The van der Waals surface area contributed by atoms with Crippen LogP contribution in [0.2, 0.25) is 0 Å². The average molecular weight is 418 g/mol. The Morgan fingerprint density at radius 3 is 2.29 bits per heavy atom. The van der Waals surface area contributed by atoms with Crippen LogP contribution >= 0.6 is 0 Å². The van der Waals surface area contributed by atoms with Crippen molar-refractivity contribution in [3.8, 4) is 0 Å². The number of rotatable bonds is 6. The van der Waals surface area contributed by atoms with Crippen molar-refractivity contribution in [2.75, 3.05) is 39.3 Å². The third-order valence-corrected chi connectivity index (χ3v) is 6.56. The van der Waals surface area contributed by atoms with Crippen LogP contribution in [0.15, 0.2) is 48.5 Å². The molecule has 6 heteroatoms. The Morgan fingerprint density at radius 1 is 0.871 bits per heavy atom. The quantitative estimate of drug-likeness (QED) is 0.678. The van der Waals surface area contributed by atoms with Crippen LogP contribution in [-0.2, 0) is 6.42 Å². The largest absolute Gasteiger partial charge is 0.336 e. The fourth-order valence-electron chi connectivity index (χ4n) is 4.49. The van der Waals surface area contributed by atoms with Crippen LogP contribution in [0.4, 0.5) is 0 Å². The number of hydrogen-bond acceptors (Lipinski definition) is 4. The first-order chi connectivity index (χ1) is 15.1. The fourth-order valence-corrected chi connectivity index (χ4v) is 4.49. The van der Waals surface area contributed by atoms with E-state index in [0.717, 1.165) is 31.1 Å². The number of fused-ring (bicyclic) bond motifs is 1. The molecule has 5 rings (SSSR count). The molecule has 0 radical (unpaired) electrons. The van der Waals surface area contributed by atoms with Gasteiger partial charge in [-0.25, -0.2) is 0 Å². The number of imide groups is 1. The highest BCUT2D eigenvalue weighted by atomic mass is 16.2. The molecule has 2 aliphatic heterocycles. The number of carbonyl (C=O) groups is 3. The summed E-state index contributed by atoms with van der Waals surface area (Å²) in [6.07, 6.45) is 3.29. The molecule has 0 bridgehead atoms. The number of carbonyl (C=O) groups excluding carboxylic acids is 3. The van der Waals surface area contributed by atoms with Gasteiger partial charge in [-0.15, -0.1) is 0 Å². The fraction of sp³-hybridized carbons (Fsp3) is 0.400. The van der Waals surface area contributed by atoms with Gasteiger partial charge < -0.3 is 4.90 Å². The van der Waals surface area contributed by atoms with Crippen LogP contribution in [0.5, 0.6) is 0 Å². The van der Waals surface area contributed by atoms with Crippen LogP contribution in [-0.4, -0.2) is 71.7 Å². The van der Waals surface area contributed by atoms with E-state index in [2.05, 4.69) is 4.90 Å². The summed E-state index contributed by atoms with van der Waals surface area (Å²) >= 11 is 0. The Balaban J connectivity index is 1.24. The molecular weight excluding hydrogens is 390 g/mol. The Hall–Kier alpha value is -2.99. The molecule has 1 saturated heterocycles. The summed E-state index contributed by atoms with van der Waals surface area (Å²) in [6.45, 7) is 4.70. The summed E-state index contributed by atoms with van der Waals surface area (Å²) in [4.78, 5) is 44.3. The van der Waals surface area contributed by atoms with Gasteiger partial charge in [-0.1, -0.05) is 30.3 Å². The standard InChI is InChI=1S/C25H27N3O3/c29-23(27-14-12-26(13-15-27)17-19-6-7-19)20-8-9-21-22(16-20)25(31)28(24(21)30)11-10-18-4-2-1-3-5-18/h1-5,8-9,16,19H,6-7,10-15,17H2. The minimum absolute atomic E-state index is 0.0585. The Kier molecular flexibility index (Phi) is 5.32. The van der Waals surface area contributed by atoms with Gasteiger partial charge in [-0.2, -0.15) is 0 Å². The summed E-state index contributed by atoms with van der Waals surface area (Å²) < 4.78 is 0. The summed E-state index contributed by atoms with van der Waals surface area (Å²) in [5.41, 5.74) is 2.30. The van der Waals surface area contributed by atoms with Gasteiger partial charge in [0, 0.05) is 44.8 Å². The van der Waals surface area contributed by atoms with E-state index in [1.165, 1.54) is 17.7 Å². The van der Waals surface area contributed by atoms with E-state index in [0.29, 0.717) is 42.7 Å². The molecule has 2 heterocycles. The first-order valence-corrected chi connectivity index (χ1v) is 11.2. The zero-order valence-corrected chi connectivity index (χ0v) is 17.6. The number of nitrogens with zero attached hydrogens (tertiary/aromatic N) is 3. The SMILES string of the molecule is O=C(c1ccc2c(c1)C(=O)N(CCc1ccccc1)C2=O)N1CCN(CC2CC2)CC1. The minimum Gasteiger partial charge on any atom is -0.336 e. The topological polar surface area (TPSA) is 60.9 Å². The van der Waals surface area contributed by atoms with Gasteiger partial charge >= 0.3 is 0 Å². The highest BCUT2D eigenvalue weighted by Gasteiger charge is 2.36. The van der Waals surface area contributed by atoms with Crippen LogP contribution in [0.1, 0.15) is 49.5 Å². The molecule has 3 amide bonds. The maximum Gasteiger partial charge on any atom is 0.261 e. The van der Waals surface area contributed by atoms with E-state index in [9.17, 15) is 14.4 Å². The molecule has 0 spiro atoms. The van der Waals surface area contributed by atoms with Crippen molar-refractivity contribution in [3.63, 3.8) is 0 Å². The molecule has 1 saturated carbocycles. The second kappa shape index (κ2) is 8.27. The molecular formula is C25H27N3O3. The summed E-state index contributed by atoms with van der Waals surface area (Å²) in [5.74, 6) is 0.215. The molecule has 1 aliphatic carbocycles. The van der Waals surface area contributed by atoms with Crippen molar-refractivity contribution in [3.05, 3.63) is 70.8 Å². The number of amides is 3. The summed E-state index contributed by atoms with van der Waals surface area (Å²) in [6, 6.07) is 14.7. The zero-order valence-electron chi connectivity index (χ0n) is 17.6. The van der Waals surface area contributed by atoms with E-state index in [-0.39, 0.29) is 17.7 Å². The lowest BCUT2D eigenvalue weighted by Crippen LogP contribution is -2.49. The third kappa shape index (κ3) is 4.12. The number of piperazine rings is 1. The molecule has 31 heavy (non-hydrogen) atoms. The van der Waals surface area contributed by atoms with Gasteiger partial charge in [0.2, 0.25) is 0 Å². The van der Waals surface area contributed by atoms with Gasteiger partial charge in [0.25, 0.3) is 17.7 Å². The van der Waals surface area contributed by atoms with E-state index < -0.39 is 0 Å². The lowest BCUT2D eigenvalue weighted by atomic mass is 10.0. The lowest BCUT2D eigenvalue weighted by Gasteiger charge is -2.34. The molecule has 3 aliphatic rings. The normalized spacial score (nSPS) is 19.1. The van der Waals surface area contributed by atoms with Crippen LogP contribution in [0.3, 0.4) is 0 Å². The Labute approximate surface area is 182 Å². The van der Waals surface area contributed by atoms with Gasteiger partial charge in [0.05, 0.1) is 11.1 Å².